The first-order valence-corrected chi connectivity index (χ1v) is 6.05. The van der Waals surface area contributed by atoms with E-state index in [-0.39, 0.29) is 5.54 Å². The van der Waals surface area contributed by atoms with E-state index in [2.05, 4.69) is 48.6 Å². The van der Waals surface area contributed by atoms with E-state index in [1.165, 1.54) is 11.1 Å². The SMILES string of the molecule is CNC(C)(c1ccccc1)c1ccc(Cl)cc1. The highest BCUT2D eigenvalue weighted by Gasteiger charge is 2.26. The van der Waals surface area contributed by atoms with Crippen molar-refractivity contribution in [3.63, 3.8) is 0 Å². The Morgan fingerprint density at radius 2 is 1.41 bits per heavy atom. The van der Waals surface area contributed by atoms with Crippen LogP contribution < -0.4 is 5.32 Å². The van der Waals surface area contributed by atoms with Gasteiger partial charge in [0.25, 0.3) is 0 Å². The minimum absolute atomic E-state index is 0.189. The molecule has 0 aliphatic heterocycles. The second kappa shape index (κ2) is 4.91. The number of nitrogens with one attached hydrogen (secondary N) is 1. The fourth-order valence-electron chi connectivity index (χ4n) is 2.01. The van der Waals surface area contributed by atoms with E-state index in [1.807, 2.05) is 25.2 Å². The van der Waals surface area contributed by atoms with Crippen molar-refractivity contribution >= 4 is 11.6 Å². The molecular weight excluding hydrogens is 230 g/mol. The van der Waals surface area contributed by atoms with Crippen molar-refractivity contribution in [1.82, 2.24) is 5.32 Å². The third-order valence-electron chi connectivity index (χ3n) is 3.27. The summed E-state index contributed by atoms with van der Waals surface area (Å²) in [5.74, 6) is 0. The smallest absolute Gasteiger partial charge is 0.0659 e. The van der Waals surface area contributed by atoms with E-state index in [0.717, 1.165) is 5.02 Å². The molecule has 88 valence electrons. The van der Waals surface area contributed by atoms with Gasteiger partial charge >= 0.3 is 0 Å². The fourth-order valence-corrected chi connectivity index (χ4v) is 2.14. The average molecular weight is 246 g/mol. The summed E-state index contributed by atoms with van der Waals surface area (Å²) in [6, 6.07) is 18.4. The molecule has 0 heterocycles. The Labute approximate surface area is 107 Å². The molecular formula is C15H16ClN. The van der Waals surface area contributed by atoms with Crippen molar-refractivity contribution in [3.8, 4) is 0 Å². The van der Waals surface area contributed by atoms with Crippen LogP contribution >= 0.6 is 11.6 Å². The quantitative estimate of drug-likeness (QED) is 0.867. The Morgan fingerprint density at radius 3 is 1.94 bits per heavy atom. The maximum absolute atomic E-state index is 5.93. The summed E-state index contributed by atoms with van der Waals surface area (Å²) >= 11 is 5.93. The summed E-state index contributed by atoms with van der Waals surface area (Å²) in [6.45, 7) is 2.17. The molecule has 2 aromatic rings. The van der Waals surface area contributed by atoms with Crippen molar-refractivity contribution in [1.29, 1.82) is 0 Å². The van der Waals surface area contributed by atoms with E-state index in [9.17, 15) is 0 Å². The average Bonchev–Trinajstić information content (AvgIpc) is 2.40. The van der Waals surface area contributed by atoms with Gasteiger partial charge in [-0.05, 0) is 37.2 Å². The molecule has 1 nitrogen and oxygen atoms in total. The Balaban J connectivity index is 2.48. The lowest BCUT2D eigenvalue weighted by Gasteiger charge is -2.30. The highest BCUT2D eigenvalue weighted by molar-refractivity contribution is 6.30. The molecule has 0 fully saturated rings. The molecule has 0 aliphatic rings. The van der Waals surface area contributed by atoms with E-state index < -0.39 is 0 Å². The van der Waals surface area contributed by atoms with Crippen LogP contribution in [0.25, 0.3) is 0 Å². The van der Waals surface area contributed by atoms with Gasteiger partial charge in [0.1, 0.15) is 0 Å². The first-order chi connectivity index (χ1) is 8.16. The van der Waals surface area contributed by atoms with Crippen LogP contribution in [0.4, 0.5) is 0 Å². The summed E-state index contributed by atoms with van der Waals surface area (Å²) < 4.78 is 0. The van der Waals surface area contributed by atoms with Gasteiger partial charge in [0.05, 0.1) is 5.54 Å². The zero-order valence-electron chi connectivity index (χ0n) is 10.1. The second-order valence-corrected chi connectivity index (χ2v) is 4.68. The molecule has 0 radical (unpaired) electrons. The van der Waals surface area contributed by atoms with Crippen LogP contribution in [0.15, 0.2) is 54.6 Å². The van der Waals surface area contributed by atoms with Gasteiger partial charge in [-0.3, -0.25) is 0 Å². The third kappa shape index (κ3) is 2.36. The summed E-state index contributed by atoms with van der Waals surface area (Å²) in [5, 5.41) is 4.15. The Morgan fingerprint density at radius 1 is 0.882 bits per heavy atom. The van der Waals surface area contributed by atoms with Gasteiger partial charge in [-0.15, -0.1) is 0 Å². The van der Waals surface area contributed by atoms with Crippen LogP contribution in [0.3, 0.4) is 0 Å². The number of benzene rings is 2. The molecule has 1 atom stereocenters. The summed E-state index contributed by atoms with van der Waals surface area (Å²) in [6.07, 6.45) is 0. The lowest BCUT2D eigenvalue weighted by atomic mass is 9.85. The van der Waals surface area contributed by atoms with Gasteiger partial charge in [0, 0.05) is 5.02 Å². The molecule has 0 bridgehead atoms. The number of halogens is 1. The van der Waals surface area contributed by atoms with Gasteiger partial charge < -0.3 is 5.32 Å². The Bertz CT molecular complexity index is 478. The molecule has 0 aromatic heterocycles. The van der Waals surface area contributed by atoms with Crippen molar-refractivity contribution in [2.24, 2.45) is 0 Å². The van der Waals surface area contributed by atoms with Gasteiger partial charge in [-0.25, -0.2) is 0 Å². The molecule has 0 spiro atoms. The van der Waals surface area contributed by atoms with Crippen LogP contribution in [0.1, 0.15) is 18.1 Å². The predicted molar refractivity (Wildman–Crippen MR) is 73.4 cm³/mol. The number of rotatable bonds is 3. The standard InChI is InChI=1S/C15H16ClN/c1-15(17-2,12-6-4-3-5-7-12)13-8-10-14(16)11-9-13/h3-11,17H,1-2H3. The molecule has 2 heteroatoms. The van der Waals surface area contributed by atoms with E-state index in [4.69, 9.17) is 11.6 Å². The molecule has 17 heavy (non-hydrogen) atoms. The molecule has 0 amide bonds. The molecule has 0 saturated heterocycles. The molecule has 1 N–H and O–H groups in total. The van der Waals surface area contributed by atoms with Crippen molar-refractivity contribution in [2.75, 3.05) is 7.05 Å². The minimum atomic E-state index is -0.189. The summed E-state index contributed by atoms with van der Waals surface area (Å²) in [7, 11) is 1.97. The molecule has 0 aliphatic carbocycles. The molecule has 2 aromatic carbocycles. The van der Waals surface area contributed by atoms with Crippen molar-refractivity contribution in [2.45, 2.75) is 12.5 Å². The maximum Gasteiger partial charge on any atom is 0.0659 e. The first kappa shape index (κ1) is 12.2. The van der Waals surface area contributed by atoms with Crippen molar-refractivity contribution < 1.29 is 0 Å². The van der Waals surface area contributed by atoms with Gasteiger partial charge in [0.15, 0.2) is 0 Å². The Hall–Kier alpha value is -1.31. The topological polar surface area (TPSA) is 12.0 Å². The normalized spacial score (nSPS) is 14.3. The van der Waals surface area contributed by atoms with Crippen LogP contribution in [-0.2, 0) is 5.54 Å². The van der Waals surface area contributed by atoms with E-state index in [1.54, 1.807) is 0 Å². The third-order valence-corrected chi connectivity index (χ3v) is 3.52. The van der Waals surface area contributed by atoms with Gasteiger partial charge in [0.2, 0.25) is 0 Å². The zero-order valence-corrected chi connectivity index (χ0v) is 10.8. The summed E-state index contributed by atoms with van der Waals surface area (Å²) in [4.78, 5) is 0. The molecule has 1 unspecified atom stereocenters. The van der Waals surface area contributed by atoms with Crippen LogP contribution in [-0.4, -0.2) is 7.05 Å². The lowest BCUT2D eigenvalue weighted by molar-refractivity contribution is 0.485. The molecule has 2 rings (SSSR count). The zero-order chi connectivity index (χ0) is 12.3. The highest BCUT2D eigenvalue weighted by atomic mass is 35.5. The van der Waals surface area contributed by atoms with E-state index in [0.29, 0.717) is 0 Å². The van der Waals surface area contributed by atoms with Crippen LogP contribution in [0.5, 0.6) is 0 Å². The first-order valence-electron chi connectivity index (χ1n) is 5.67. The summed E-state index contributed by atoms with van der Waals surface area (Å²) in [5.41, 5.74) is 2.26. The Kier molecular flexibility index (Phi) is 3.51. The molecule has 0 saturated carbocycles. The fraction of sp³-hybridized carbons (Fsp3) is 0.200. The van der Waals surface area contributed by atoms with Gasteiger partial charge in [-0.2, -0.15) is 0 Å². The maximum atomic E-state index is 5.93. The van der Waals surface area contributed by atoms with Crippen molar-refractivity contribution in [3.05, 3.63) is 70.7 Å². The lowest BCUT2D eigenvalue weighted by Crippen LogP contribution is -2.37. The monoisotopic (exact) mass is 245 g/mol. The second-order valence-electron chi connectivity index (χ2n) is 4.25. The van der Waals surface area contributed by atoms with Crippen LogP contribution in [0.2, 0.25) is 5.02 Å². The predicted octanol–water partition coefficient (Wildman–Crippen LogP) is 3.82. The minimum Gasteiger partial charge on any atom is -0.307 e. The van der Waals surface area contributed by atoms with Crippen LogP contribution in [0, 0.1) is 0 Å². The largest absolute Gasteiger partial charge is 0.307 e. The van der Waals surface area contributed by atoms with E-state index >= 15 is 0 Å². The number of hydrogen-bond acceptors (Lipinski definition) is 1. The number of hydrogen-bond donors (Lipinski definition) is 1. The highest BCUT2D eigenvalue weighted by Crippen LogP contribution is 2.29. The van der Waals surface area contributed by atoms with Gasteiger partial charge in [-0.1, -0.05) is 54.1 Å².